The highest BCUT2D eigenvalue weighted by Crippen LogP contribution is 2.40. The molecule has 0 aliphatic rings. The van der Waals surface area contributed by atoms with Crippen molar-refractivity contribution >= 4 is 22.6 Å². The maximum atomic E-state index is 6.41. The Balaban J connectivity index is 2.57. The summed E-state index contributed by atoms with van der Waals surface area (Å²) in [7, 11) is 1.67. The monoisotopic (exact) mass is 562 g/mol. The molecule has 0 heterocycles. The van der Waals surface area contributed by atoms with E-state index in [0.29, 0.717) is 32.3 Å². The molecule has 0 amide bonds. The standard InChI is InChI=1S/C27H47IO4/c1-8-9-10-11-12-13-14-25(26(2,3)4)27(5,6)32-20-19-30-23-16-15-22(28)21-24(23)31-18-17-29-7/h15-16,21,25H,8-14,17-20H2,1-7H3. The van der Waals surface area contributed by atoms with E-state index >= 15 is 0 Å². The zero-order valence-electron chi connectivity index (χ0n) is 21.6. The molecule has 32 heavy (non-hydrogen) atoms. The predicted molar refractivity (Wildman–Crippen MR) is 143 cm³/mol. The fourth-order valence-electron chi connectivity index (χ4n) is 4.46. The number of hydrogen-bond donors (Lipinski definition) is 0. The molecule has 1 aromatic carbocycles. The van der Waals surface area contributed by atoms with Crippen molar-refractivity contribution in [3.8, 4) is 11.5 Å². The summed E-state index contributed by atoms with van der Waals surface area (Å²) in [6, 6.07) is 5.98. The van der Waals surface area contributed by atoms with Gasteiger partial charge in [0, 0.05) is 10.7 Å². The summed E-state index contributed by atoms with van der Waals surface area (Å²) in [4.78, 5) is 0. The predicted octanol–water partition coefficient (Wildman–Crippen LogP) is 7.90. The fraction of sp³-hybridized carbons (Fsp3) is 0.778. The quantitative estimate of drug-likeness (QED) is 0.143. The summed E-state index contributed by atoms with van der Waals surface area (Å²) in [5.74, 6) is 2.00. The van der Waals surface area contributed by atoms with Crippen LogP contribution in [-0.2, 0) is 9.47 Å². The molecule has 1 atom stereocenters. The van der Waals surface area contributed by atoms with Crippen molar-refractivity contribution in [1.29, 1.82) is 0 Å². The molecule has 0 aliphatic carbocycles. The van der Waals surface area contributed by atoms with Gasteiger partial charge in [0.1, 0.15) is 13.2 Å². The Morgan fingerprint density at radius 1 is 0.812 bits per heavy atom. The highest BCUT2D eigenvalue weighted by atomic mass is 127. The van der Waals surface area contributed by atoms with Crippen LogP contribution in [0.25, 0.3) is 0 Å². The number of rotatable bonds is 17. The average Bonchev–Trinajstić information content (AvgIpc) is 2.71. The Morgan fingerprint density at radius 2 is 1.44 bits per heavy atom. The Bertz CT molecular complexity index is 625. The molecule has 0 aromatic heterocycles. The summed E-state index contributed by atoms with van der Waals surface area (Å²) < 4.78 is 24.5. The minimum Gasteiger partial charge on any atom is -0.487 e. The van der Waals surface area contributed by atoms with Gasteiger partial charge in [-0.15, -0.1) is 0 Å². The number of hydrogen-bond acceptors (Lipinski definition) is 4. The van der Waals surface area contributed by atoms with E-state index in [4.69, 9.17) is 18.9 Å². The largest absolute Gasteiger partial charge is 0.487 e. The van der Waals surface area contributed by atoms with E-state index < -0.39 is 0 Å². The molecule has 186 valence electrons. The maximum absolute atomic E-state index is 6.41. The lowest BCUT2D eigenvalue weighted by Crippen LogP contribution is -2.43. The van der Waals surface area contributed by atoms with Crippen molar-refractivity contribution in [2.24, 2.45) is 11.3 Å². The summed E-state index contributed by atoms with van der Waals surface area (Å²) in [5.41, 5.74) is 0.00113. The van der Waals surface area contributed by atoms with Crippen molar-refractivity contribution in [3.05, 3.63) is 21.8 Å². The van der Waals surface area contributed by atoms with Crippen LogP contribution in [0.2, 0.25) is 0 Å². The molecule has 0 fully saturated rings. The topological polar surface area (TPSA) is 36.9 Å². The van der Waals surface area contributed by atoms with Gasteiger partial charge in [-0.2, -0.15) is 0 Å². The van der Waals surface area contributed by atoms with Gasteiger partial charge in [0.05, 0.1) is 18.8 Å². The van der Waals surface area contributed by atoms with E-state index in [-0.39, 0.29) is 11.0 Å². The summed E-state index contributed by atoms with van der Waals surface area (Å²) in [6.07, 6.45) is 9.18. The summed E-state index contributed by atoms with van der Waals surface area (Å²) >= 11 is 2.28. The van der Waals surface area contributed by atoms with Crippen molar-refractivity contribution < 1.29 is 18.9 Å². The lowest BCUT2D eigenvalue weighted by atomic mass is 9.69. The van der Waals surface area contributed by atoms with Gasteiger partial charge in [-0.25, -0.2) is 0 Å². The zero-order chi connectivity index (χ0) is 24.0. The van der Waals surface area contributed by atoms with Crippen LogP contribution in [0.15, 0.2) is 18.2 Å². The second-order valence-corrected chi connectivity index (χ2v) is 11.5. The van der Waals surface area contributed by atoms with Crippen molar-refractivity contribution in [2.45, 2.75) is 92.1 Å². The van der Waals surface area contributed by atoms with Gasteiger partial charge >= 0.3 is 0 Å². The molecular weight excluding hydrogens is 515 g/mol. The molecule has 0 radical (unpaired) electrons. The van der Waals surface area contributed by atoms with E-state index in [1.54, 1.807) is 7.11 Å². The molecule has 5 heteroatoms. The van der Waals surface area contributed by atoms with Gasteiger partial charge in [0.15, 0.2) is 11.5 Å². The molecule has 4 nitrogen and oxygen atoms in total. The van der Waals surface area contributed by atoms with Gasteiger partial charge < -0.3 is 18.9 Å². The van der Waals surface area contributed by atoms with Crippen molar-refractivity contribution in [2.75, 3.05) is 33.5 Å². The van der Waals surface area contributed by atoms with Gasteiger partial charge in [-0.05, 0) is 72.4 Å². The molecule has 0 spiro atoms. The van der Waals surface area contributed by atoms with Crippen LogP contribution < -0.4 is 9.47 Å². The van der Waals surface area contributed by atoms with Crippen LogP contribution in [0.5, 0.6) is 11.5 Å². The summed E-state index contributed by atoms with van der Waals surface area (Å²) in [6.45, 7) is 15.9. The molecule has 1 rings (SSSR count). The SMILES string of the molecule is CCCCCCCCC(C(C)(C)C)C(C)(C)OCCOc1ccc(I)cc1OCCOC. The van der Waals surface area contributed by atoms with Crippen LogP contribution >= 0.6 is 22.6 Å². The Hall–Kier alpha value is -0.530. The van der Waals surface area contributed by atoms with Gasteiger partial charge in [0.25, 0.3) is 0 Å². The molecule has 0 aliphatic heterocycles. The first-order chi connectivity index (χ1) is 15.1. The molecule has 0 N–H and O–H groups in total. The van der Waals surface area contributed by atoms with Crippen molar-refractivity contribution in [1.82, 2.24) is 0 Å². The van der Waals surface area contributed by atoms with Gasteiger partial charge in [0.2, 0.25) is 0 Å². The van der Waals surface area contributed by atoms with Crippen molar-refractivity contribution in [3.63, 3.8) is 0 Å². The third-order valence-corrected chi connectivity index (χ3v) is 6.67. The minimum atomic E-state index is -0.200. The number of ether oxygens (including phenoxy) is 4. The Morgan fingerprint density at radius 3 is 2.09 bits per heavy atom. The van der Waals surface area contributed by atoms with Crippen LogP contribution in [0.1, 0.15) is 86.5 Å². The molecule has 1 unspecified atom stereocenters. The Kier molecular flexibility index (Phi) is 14.2. The van der Waals surface area contributed by atoms with Crippen LogP contribution in [0.3, 0.4) is 0 Å². The molecule has 1 aromatic rings. The van der Waals surface area contributed by atoms with Gasteiger partial charge in [-0.3, -0.25) is 0 Å². The van der Waals surface area contributed by atoms with E-state index in [0.717, 1.165) is 15.1 Å². The van der Waals surface area contributed by atoms with E-state index in [1.165, 1.54) is 44.9 Å². The first-order valence-corrected chi connectivity index (χ1v) is 13.4. The first kappa shape index (κ1) is 29.5. The second kappa shape index (κ2) is 15.4. The zero-order valence-corrected chi connectivity index (χ0v) is 23.8. The Labute approximate surface area is 211 Å². The van der Waals surface area contributed by atoms with Crippen LogP contribution in [0.4, 0.5) is 0 Å². The van der Waals surface area contributed by atoms with E-state index in [1.807, 2.05) is 18.2 Å². The highest BCUT2D eigenvalue weighted by molar-refractivity contribution is 14.1. The normalized spacial score (nSPS) is 13.2. The number of methoxy groups -OCH3 is 1. The lowest BCUT2D eigenvalue weighted by molar-refractivity contribution is -0.101. The number of halogens is 1. The molecule has 0 saturated heterocycles. The van der Waals surface area contributed by atoms with Gasteiger partial charge in [-0.1, -0.05) is 66.2 Å². The minimum absolute atomic E-state index is 0.200. The third kappa shape index (κ3) is 11.6. The average molecular weight is 563 g/mol. The fourth-order valence-corrected chi connectivity index (χ4v) is 4.92. The number of unbranched alkanes of at least 4 members (excludes halogenated alkanes) is 5. The highest BCUT2D eigenvalue weighted by Gasteiger charge is 2.38. The van der Waals surface area contributed by atoms with Crippen LogP contribution in [0, 0.1) is 14.9 Å². The smallest absolute Gasteiger partial charge is 0.162 e. The molecular formula is C27H47IO4. The first-order valence-electron chi connectivity index (χ1n) is 12.3. The maximum Gasteiger partial charge on any atom is 0.162 e. The third-order valence-electron chi connectivity index (χ3n) is 6.00. The van der Waals surface area contributed by atoms with Crippen LogP contribution in [-0.4, -0.2) is 39.1 Å². The second-order valence-electron chi connectivity index (χ2n) is 10.2. The summed E-state index contributed by atoms with van der Waals surface area (Å²) in [5, 5.41) is 0. The lowest BCUT2D eigenvalue weighted by Gasteiger charge is -2.43. The molecule has 0 saturated carbocycles. The van der Waals surface area contributed by atoms with E-state index in [2.05, 4.69) is 64.1 Å². The molecule has 0 bridgehead atoms. The van der Waals surface area contributed by atoms with E-state index in [9.17, 15) is 0 Å². The number of benzene rings is 1.